The SMILES string of the molecule is CC[C@@H](C(=O)Nc1ccc(Cl)c(C(F)(F)F)c1)N(c1cccc(Cl)c1)S(C)(=O)=O. The Morgan fingerprint density at radius 1 is 1.17 bits per heavy atom. The predicted molar refractivity (Wildman–Crippen MR) is 108 cm³/mol. The highest BCUT2D eigenvalue weighted by Crippen LogP contribution is 2.36. The molecule has 2 aromatic carbocycles. The van der Waals surface area contributed by atoms with Crippen molar-refractivity contribution in [1.82, 2.24) is 0 Å². The van der Waals surface area contributed by atoms with Gasteiger partial charge in [-0.3, -0.25) is 9.10 Å². The number of carbonyl (C=O) groups excluding carboxylic acids is 1. The van der Waals surface area contributed by atoms with Crippen molar-refractivity contribution in [2.45, 2.75) is 25.6 Å². The lowest BCUT2D eigenvalue weighted by molar-refractivity contribution is -0.137. The fraction of sp³-hybridized carbons (Fsp3) is 0.278. The van der Waals surface area contributed by atoms with Gasteiger partial charge in [-0.1, -0.05) is 36.2 Å². The van der Waals surface area contributed by atoms with E-state index >= 15 is 0 Å². The summed E-state index contributed by atoms with van der Waals surface area (Å²) in [6, 6.07) is 7.59. The minimum Gasteiger partial charge on any atom is -0.324 e. The van der Waals surface area contributed by atoms with Crippen LogP contribution in [0.15, 0.2) is 42.5 Å². The van der Waals surface area contributed by atoms with Crippen molar-refractivity contribution in [2.24, 2.45) is 0 Å². The zero-order valence-electron chi connectivity index (χ0n) is 15.3. The number of benzene rings is 2. The number of nitrogens with one attached hydrogen (secondary N) is 1. The molecule has 0 unspecified atom stereocenters. The zero-order chi connectivity index (χ0) is 22.0. The summed E-state index contributed by atoms with van der Waals surface area (Å²) < 4.78 is 64.7. The molecule has 1 amide bonds. The fourth-order valence-corrected chi connectivity index (χ4v) is 4.33. The molecular formula is C18H17Cl2F3N2O3S. The molecule has 2 aromatic rings. The van der Waals surface area contributed by atoms with Gasteiger partial charge in [0, 0.05) is 10.7 Å². The summed E-state index contributed by atoms with van der Waals surface area (Å²) in [5.41, 5.74) is -1.11. The summed E-state index contributed by atoms with van der Waals surface area (Å²) >= 11 is 11.5. The number of alkyl halides is 3. The van der Waals surface area contributed by atoms with Crippen LogP contribution < -0.4 is 9.62 Å². The van der Waals surface area contributed by atoms with Crippen LogP contribution in [-0.2, 0) is 21.0 Å². The quantitative estimate of drug-likeness (QED) is 0.633. The standard InChI is InChI=1S/C18H17Cl2F3N2O3S/c1-3-16(25(29(2,27)28)13-6-4-5-11(19)9-13)17(26)24-12-7-8-15(20)14(10-12)18(21,22)23/h4-10,16H,3H2,1-2H3,(H,24,26)/t16-/m0/s1. The molecule has 0 aliphatic heterocycles. The minimum atomic E-state index is -4.71. The first kappa shape index (κ1) is 23.3. The number of anilines is 2. The van der Waals surface area contributed by atoms with E-state index in [0.717, 1.165) is 16.6 Å². The van der Waals surface area contributed by atoms with Gasteiger partial charge in [0.05, 0.1) is 22.5 Å². The maximum absolute atomic E-state index is 13.0. The number of nitrogens with zero attached hydrogens (tertiary/aromatic N) is 1. The van der Waals surface area contributed by atoms with Crippen LogP contribution in [0.5, 0.6) is 0 Å². The highest BCUT2D eigenvalue weighted by molar-refractivity contribution is 7.92. The van der Waals surface area contributed by atoms with Gasteiger partial charge in [-0.15, -0.1) is 0 Å². The Morgan fingerprint density at radius 3 is 2.34 bits per heavy atom. The molecule has 5 nitrogen and oxygen atoms in total. The molecule has 0 aliphatic carbocycles. The van der Waals surface area contributed by atoms with Gasteiger partial charge in [0.15, 0.2) is 0 Å². The van der Waals surface area contributed by atoms with Crippen molar-refractivity contribution in [3.63, 3.8) is 0 Å². The first-order valence-electron chi connectivity index (χ1n) is 8.27. The van der Waals surface area contributed by atoms with Gasteiger partial charge in [0.1, 0.15) is 6.04 Å². The number of halogens is 5. The molecule has 0 aromatic heterocycles. The molecule has 29 heavy (non-hydrogen) atoms. The topological polar surface area (TPSA) is 66.5 Å². The molecular weight excluding hydrogens is 452 g/mol. The highest BCUT2D eigenvalue weighted by Gasteiger charge is 2.35. The van der Waals surface area contributed by atoms with Crippen molar-refractivity contribution in [3.8, 4) is 0 Å². The summed E-state index contributed by atoms with van der Waals surface area (Å²) in [6.45, 7) is 1.58. The van der Waals surface area contributed by atoms with E-state index in [1.807, 2.05) is 0 Å². The van der Waals surface area contributed by atoms with Crippen molar-refractivity contribution in [1.29, 1.82) is 0 Å². The second-order valence-electron chi connectivity index (χ2n) is 6.14. The molecule has 0 saturated heterocycles. The van der Waals surface area contributed by atoms with E-state index in [1.165, 1.54) is 24.3 Å². The molecule has 0 bridgehead atoms. The van der Waals surface area contributed by atoms with E-state index in [2.05, 4.69) is 5.32 Å². The van der Waals surface area contributed by atoms with Crippen LogP contribution in [0.3, 0.4) is 0 Å². The zero-order valence-corrected chi connectivity index (χ0v) is 17.6. The Balaban J connectivity index is 2.41. The lowest BCUT2D eigenvalue weighted by Gasteiger charge is -2.30. The molecule has 0 fully saturated rings. The van der Waals surface area contributed by atoms with Crippen molar-refractivity contribution >= 4 is 50.5 Å². The number of sulfonamides is 1. The lowest BCUT2D eigenvalue weighted by atomic mass is 10.1. The summed E-state index contributed by atoms with van der Waals surface area (Å²) in [5, 5.41) is 2.08. The van der Waals surface area contributed by atoms with Crippen molar-refractivity contribution in [2.75, 3.05) is 15.9 Å². The third-order valence-electron chi connectivity index (χ3n) is 3.93. The molecule has 0 saturated carbocycles. The smallest absolute Gasteiger partial charge is 0.324 e. The first-order chi connectivity index (χ1) is 13.3. The summed E-state index contributed by atoms with van der Waals surface area (Å²) in [4.78, 5) is 12.8. The van der Waals surface area contributed by atoms with Crippen molar-refractivity contribution < 1.29 is 26.4 Å². The van der Waals surface area contributed by atoms with Gasteiger partial charge in [-0.25, -0.2) is 8.42 Å². The van der Waals surface area contributed by atoms with E-state index in [0.29, 0.717) is 6.07 Å². The third kappa shape index (κ3) is 5.77. The normalized spacial score (nSPS) is 13.1. The van der Waals surface area contributed by atoms with E-state index in [-0.39, 0.29) is 22.8 Å². The molecule has 0 aliphatic rings. The first-order valence-corrected chi connectivity index (χ1v) is 10.9. The Hall–Kier alpha value is -1.97. The molecule has 158 valence electrons. The van der Waals surface area contributed by atoms with E-state index in [4.69, 9.17) is 23.2 Å². The lowest BCUT2D eigenvalue weighted by Crippen LogP contribution is -2.47. The number of rotatable bonds is 6. The highest BCUT2D eigenvalue weighted by atomic mass is 35.5. The monoisotopic (exact) mass is 468 g/mol. The van der Waals surface area contributed by atoms with Crippen LogP contribution in [0.1, 0.15) is 18.9 Å². The third-order valence-corrected chi connectivity index (χ3v) is 5.68. The van der Waals surface area contributed by atoms with E-state index < -0.39 is 38.7 Å². The number of carbonyl (C=O) groups is 1. The van der Waals surface area contributed by atoms with E-state index in [9.17, 15) is 26.4 Å². The minimum absolute atomic E-state index is 0.0606. The van der Waals surface area contributed by atoms with Gasteiger partial charge >= 0.3 is 6.18 Å². The molecule has 2 rings (SSSR count). The Bertz CT molecular complexity index is 1010. The van der Waals surface area contributed by atoms with Crippen molar-refractivity contribution in [3.05, 3.63) is 58.1 Å². The number of amides is 1. The molecule has 0 heterocycles. The second-order valence-corrected chi connectivity index (χ2v) is 8.85. The summed E-state index contributed by atoms with van der Waals surface area (Å²) in [6.07, 6.45) is -3.72. The van der Waals surface area contributed by atoms with Crippen LogP contribution in [-0.4, -0.2) is 26.6 Å². The van der Waals surface area contributed by atoms with Gasteiger partial charge < -0.3 is 5.32 Å². The summed E-state index contributed by atoms with van der Waals surface area (Å²) in [7, 11) is -3.91. The van der Waals surface area contributed by atoms with Gasteiger partial charge in [-0.2, -0.15) is 13.2 Å². The molecule has 1 atom stereocenters. The average molecular weight is 469 g/mol. The maximum atomic E-state index is 13.0. The molecule has 11 heteroatoms. The van der Waals surface area contributed by atoms with Crippen LogP contribution in [0.25, 0.3) is 0 Å². The van der Waals surface area contributed by atoms with Crippen LogP contribution in [0, 0.1) is 0 Å². The van der Waals surface area contributed by atoms with Crippen LogP contribution >= 0.6 is 23.2 Å². The largest absolute Gasteiger partial charge is 0.417 e. The Kier molecular flexibility index (Phi) is 7.08. The van der Waals surface area contributed by atoms with Gasteiger partial charge in [0.2, 0.25) is 15.9 Å². The van der Waals surface area contributed by atoms with E-state index in [1.54, 1.807) is 13.0 Å². The van der Waals surface area contributed by atoms with Gasteiger partial charge in [0.25, 0.3) is 0 Å². The number of hydrogen-bond acceptors (Lipinski definition) is 3. The summed E-state index contributed by atoms with van der Waals surface area (Å²) in [5.74, 6) is -0.798. The van der Waals surface area contributed by atoms with Crippen LogP contribution in [0.4, 0.5) is 24.5 Å². The predicted octanol–water partition coefficient (Wildman–Crippen LogP) is 5.20. The van der Waals surface area contributed by atoms with Gasteiger partial charge in [-0.05, 0) is 42.8 Å². The second kappa shape index (κ2) is 8.81. The average Bonchev–Trinajstić information content (AvgIpc) is 2.58. The molecule has 1 N–H and O–H groups in total. The Morgan fingerprint density at radius 2 is 1.83 bits per heavy atom. The Labute approximate surface area is 176 Å². The molecule has 0 spiro atoms. The fourth-order valence-electron chi connectivity index (χ4n) is 2.72. The molecule has 0 radical (unpaired) electrons. The van der Waals surface area contributed by atoms with Crippen LogP contribution in [0.2, 0.25) is 10.0 Å². The number of hydrogen-bond donors (Lipinski definition) is 1. The maximum Gasteiger partial charge on any atom is 0.417 e.